The van der Waals surface area contributed by atoms with Gasteiger partial charge in [0.25, 0.3) is 0 Å². The fraction of sp³-hybridized carbons (Fsp3) is 0.531. The van der Waals surface area contributed by atoms with E-state index in [4.69, 9.17) is 21.1 Å². The van der Waals surface area contributed by atoms with Crippen molar-refractivity contribution in [1.82, 2.24) is 10.2 Å². The number of ether oxygens (including phenoxy) is 2. The SMILES string of the molecule is Cc1ccccc1N1CCC(Oc2ccc(NC(=O)[C@H]3CCCCN3C(=O)CCNC(=O)OC(C)(C)C)cc2Cl)CC1. The summed E-state index contributed by atoms with van der Waals surface area (Å²) in [6.45, 7) is 9.93. The maximum Gasteiger partial charge on any atom is 0.407 e. The van der Waals surface area contributed by atoms with E-state index in [-0.39, 0.29) is 30.9 Å². The molecule has 10 heteroatoms. The average molecular weight is 599 g/mol. The first-order valence-corrected chi connectivity index (χ1v) is 15.2. The van der Waals surface area contributed by atoms with Gasteiger partial charge in [0.2, 0.25) is 11.8 Å². The number of nitrogens with zero attached hydrogens (tertiary/aromatic N) is 2. The molecular weight excluding hydrogens is 556 g/mol. The van der Waals surface area contributed by atoms with Crippen molar-refractivity contribution in [2.45, 2.75) is 84.0 Å². The topological polar surface area (TPSA) is 100 Å². The minimum Gasteiger partial charge on any atom is -0.489 e. The van der Waals surface area contributed by atoms with Crippen LogP contribution in [0.1, 0.15) is 64.9 Å². The van der Waals surface area contributed by atoms with Gasteiger partial charge < -0.3 is 29.9 Å². The van der Waals surface area contributed by atoms with E-state index < -0.39 is 17.7 Å². The van der Waals surface area contributed by atoms with Crippen LogP contribution in [0.15, 0.2) is 42.5 Å². The van der Waals surface area contributed by atoms with Crippen molar-refractivity contribution < 1.29 is 23.9 Å². The Bertz CT molecular complexity index is 1260. The zero-order chi connectivity index (χ0) is 30.3. The molecule has 0 radical (unpaired) electrons. The Kier molecular flexibility index (Phi) is 10.6. The molecule has 2 aliphatic rings. The van der Waals surface area contributed by atoms with Crippen molar-refractivity contribution >= 4 is 40.9 Å². The Morgan fingerprint density at radius 1 is 1.00 bits per heavy atom. The molecule has 2 heterocycles. The third-order valence-electron chi connectivity index (χ3n) is 7.52. The number of nitrogens with one attached hydrogen (secondary N) is 2. The van der Waals surface area contributed by atoms with E-state index in [2.05, 4.69) is 46.7 Å². The van der Waals surface area contributed by atoms with Gasteiger partial charge in [-0.3, -0.25) is 9.59 Å². The predicted molar refractivity (Wildman–Crippen MR) is 165 cm³/mol. The second-order valence-corrected chi connectivity index (χ2v) is 12.4. The molecule has 2 N–H and O–H groups in total. The van der Waals surface area contributed by atoms with Crippen LogP contribution in [0.25, 0.3) is 0 Å². The Labute approximate surface area is 253 Å². The minimum atomic E-state index is -0.614. The van der Waals surface area contributed by atoms with Crippen molar-refractivity contribution in [3.8, 4) is 5.75 Å². The number of piperidine rings is 2. The fourth-order valence-corrected chi connectivity index (χ4v) is 5.67. The third-order valence-corrected chi connectivity index (χ3v) is 7.82. The van der Waals surface area contributed by atoms with Crippen molar-refractivity contribution in [2.75, 3.05) is 36.4 Å². The number of hydrogen-bond acceptors (Lipinski definition) is 6. The summed E-state index contributed by atoms with van der Waals surface area (Å²) in [5, 5.41) is 5.97. The van der Waals surface area contributed by atoms with Gasteiger partial charge in [-0.15, -0.1) is 0 Å². The van der Waals surface area contributed by atoms with Crippen LogP contribution in [0.5, 0.6) is 5.75 Å². The van der Waals surface area contributed by atoms with Crippen LogP contribution in [-0.4, -0.2) is 66.7 Å². The van der Waals surface area contributed by atoms with Crippen LogP contribution in [-0.2, 0) is 14.3 Å². The second kappa shape index (κ2) is 14.1. The molecule has 0 saturated carbocycles. The quantitative estimate of drug-likeness (QED) is 0.391. The molecule has 228 valence electrons. The van der Waals surface area contributed by atoms with Gasteiger partial charge in [-0.2, -0.15) is 0 Å². The first-order valence-electron chi connectivity index (χ1n) is 14.8. The van der Waals surface area contributed by atoms with Crippen LogP contribution in [0.3, 0.4) is 0 Å². The number of benzene rings is 2. The number of halogens is 1. The smallest absolute Gasteiger partial charge is 0.407 e. The summed E-state index contributed by atoms with van der Waals surface area (Å²) in [6, 6.07) is 13.1. The van der Waals surface area contributed by atoms with E-state index in [1.165, 1.54) is 11.3 Å². The molecule has 0 unspecified atom stereocenters. The number of carbonyl (C=O) groups excluding carboxylic acids is 3. The first-order chi connectivity index (χ1) is 20.0. The molecule has 0 aromatic heterocycles. The largest absolute Gasteiger partial charge is 0.489 e. The number of carbonyl (C=O) groups is 3. The number of anilines is 2. The highest BCUT2D eigenvalue weighted by Crippen LogP contribution is 2.32. The first kappa shape index (κ1) is 31.5. The zero-order valence-corrected chi connectivity index (χ0v) is 25.8. The summed E-state index contributed by atoms with van der Waals surface area (Å²) < 4.78 is 11.5. The Morgan fingerprint density at radius 3 is 2.43 bits per heavy atom. The Balaban J connectivity index is 1.27. The second-order valence-electron chi connectivity index (χ2n) is 12.0. The van der Waals surface area contributed by atoms with Crippen LogP contribution in [0.2, 0.25) is 5.02 Å². The van der Waals surface area contributed by atoms with Gasteiger partial charge in [-0.25, -0.2) is 4.79 Å². The summed E-state index contributed by atoms with van der Waals surface area (Å²) in [5.41, 5.74) is 2.48. The van der Waals surface area contributed by atoms with Gasteiger partial charge in [-0.1, -0.05) is 29.8 Å². The molecule has 9 nitrogen and oxygen atoms in total. The van der Waals surface area contributed by atoms with E-state index in [0.29, 0.717) is 29.4 Å². The summed E-state index contributed by atoms with van der Waals surface area (Å²) >= 11 is 6.57. The number of likely N-dealkylation sites (tertiary alicyclic amines) is 1. The molecule has 0 aliphatic carbocycles. The molecule has 0 bridgehead atoms. The van der Waals surface area contributed by atoms with Crippen molar-refractivity contribution in [3.63, 3.8) is 0 Å². The lowest BCUT2D eigenvalue weighted by Gasteiger charge is -2.35. The molecule has 42 heavy (non-hydrogen) atoms. The minimum absolute atomic E-state index is 0.0647. The number of aryl methyl sites for hydroxylation is 1. The standard InChI is InChI=1S/C32H43ClN4O5/c1-22-9-5-6-10-26(22)36-19-15-24(16-20-36)41-28-13-12-23(21-25(28)33)35-30(39)27-11-7-8-18-37(27)29(38)14-17-34-31(40)42-32(2,3)4/h5-6,9-10,12-13,21,24,27H,7-8,11,14-20H2,1-4H3,(H,34,40)(H,35,39)/t27-/m1/s1. The number of hydrogen-bond donors (Lipinski definition) is 2. The summed E-state index contributed by atoms with van der Waals surface area (Å²) in [5.74, 6) is 0.161. The predicted octanol–water partition coefficient (Wildman–Crippen LogP) is 5.93. The van der Waals surface area contributed by atoms with Gasteiger partial charge in [0.15, 0.2) is 0 Å². The number of alkyl carbamates (subject to hydrolysis) is 1. The molecule has 2 aromatic rings. The van der Waals surface area contributed by atoms with Crippen molar-refractivity contribution in [2.24, 2.45) is 0 Å². The third kappa shape index (κ3) is 8.77. The summed E-state index contributed by atoms with van der Waals surface area (Å²) in [4.78, 5) is 42.1. The maximum atomic E-state index is 13.2. The van der Waals surface area contributed by atoms with Gasteiger partial charge in [0, 0.05) is 56.8 Å². The van der Waals surface area contributed by atoms with Crippen molar-refractivity contribution in [1.29, 1.82) is 0 Å². The van der Waals surface area contributed by atoms with Crippen LogP contribution in [0, 0.1) is 6.92 Å². The normalized spacial score (nSPS) is 17.9. The highest BCUT2D eigenvalue weighted by molar-refractivity contribution is 6.32. The van der Waals surface area contributed by atoms with Crippen LogP contribution >= 0.6 is 11.6 Å². The summed E-state index contributed by atoms with van der Waals surface area (Å²) in [7, 11) is 0. The highest BCUT2D eigenvalue weighted by atomic mass is 35.5. The molecule has 2 saturated heterocycles. The van der Waals surface area contributed by atoms with Crippen LogP contribution < -0.4 is 20.3 Å². The lowest BCUT2D eigenvalue weighted by atomic mass is 10.0. The van der Waals surface area contributed by atoms with Gasteiger partial charge in [-0.05, 0) is 76.8 Å². The van der Waals surface area contributed by atoms with E-state index in [0.717, 1.165) is 38.8 Å². The molecule has 4 rings (SSSR count). The summed E-state index contributed by atoms with van der Waals surface area (Å²) in [6.07, 6.45) is 3.63. The monoisotopic (exact) mass is 598 g/mol. The molecule has 2 fully saturated rings. The average Bonchev–Trinajstić information content (AvgIpc) is 2.94. The Hall–Kier alpha value is -3.46. The van der Waals surface area contributed by atoms with Gasteiger partial charge in [0.1, 0.15) is 23.5 Å². The molecule has 3 amide bonds. The lowest BCUT2D eigenvalue weighted by molar-refractivity contribution is -0.140. The number of para-hydroxylation sites is 1. The zero-order valence-electron chi connectivity index (χ0n) is 25.1. The lowest BCUT2D eigenvalue weighted by Crippen LogP contribution is -2.50. The maximum absolute atomic E-state index is 13.2. The number of rotatable bonds is 8. The Morgan fingerprint density at radius 2 is 1.74 bits per heavy atom. The van der Waals surface area contributed by atoms with E-state index >= 15 is 0 Å². The molecule has 2 aromatic carbocycles. The molecular formula is C32H43ClN4O5. The van der Waals surface area contributed by atoms with Gasteiger partial charge >= 0.3 is 6.09 Å². The van der Waals surface area contributed by atoms with Gasteiger partial charge in [0.05, 0.1) is 5.02 Å². The molecule has 2 aliphatic heterocycles. The van der Waals surface area contributed by atoms with E-state index in [1.807, 2.05) is 0 Å². The number of amides is 3. The van der Waals surface area contributed by atoms with Crippen LogP contribution in [0.4, 0.5) is 16.2 Å². The fourth-order valence-electron chi connectivity index (χ4n) is 5.44. The highest BCUT2D eigenvalue weighted by Gasteiger charge is 2.32. The van der Waals surface area contributed by atoms with E-state index in [9.17, 15) is 14.4 Å². The van der Waals surface area contributed by atoms with E-state index in [1.54, 1.807) is 43.9 Å². The molecule has 0 spiro atoms. The molecule has 1 atom stereocenters. The van der Waals surface area contributed by atoms with Crippen molar-refractivity contribution in [3.05, 3.63) is 53.1 Å².